The van der Waals surface area contributed by atoms with E-state index in [1.807, 2.05) is 0 Å². The number of hydrogen-bond donors (Lipinski definition) is 1. The van der Waals surface area contributed by atoms with E-state index in [1.165, 1.54) is 22.8 Å². The van der Waals surface area contributed by atoms with Crippen molar-refractivity contribution in [3.63, 3.8) is 0 Å². The van der Waals surface area contributed by atoms with Crippen LogP contribution in [-0.4, -0.2) is 38.7 Å². The zero-order valence-corrected chi connectivity index (χ0v) is 16.3. The Bertz CT molecular complexity index is 1160. The molecule has 1 amide bonds. The van der Waals surface area contributed by atoms with E-state index < -0.39 is 17.1 Å². The molecule has 1 saturated heterocycles. The van der Waals surface area contributed by atoms with Crippen LogP contribution in [0.1, 0.15) is 18.4 Å². The standard InChI is InChI=1S/C19H19FN4O4S/c20-14-6-2-1-4-12(14)9-24-18(26)17-15(11-29-22-17)23(19(24)27)10-16(25)21-8-13-5-3-7-28-13/h1-2,4,6,11,13H,3,5,7-10H2,(H,21,25)/t13-/m1/s1. The van der Waals surface area contributed by atoms with Crippen molar-refractivity contribution in [1.29, 1.82) is 0 Å². The second-order valence-electron chi connectivity index (χ2n) is 6.84. The van der Waals surface area contributed by atoms with E-state index in [1.54, 1.807) is 11.4 Å². The summed E-state index contributed by atoms with van der Waals surface area (Å²) < 4.78 is 25.7. The van der Waals surface area contributed by atoms with Gasteiger partial charge in [0.25, 0.3) is 5.56 Å². The van der Waals surface area contributed by atoms with E-state index in [9.17, 15) is 18.8 Å². The summed E-state index contributed by atoms with van der Waals surface area (Å²) in [4.78, 5) is 38.1. The van der Waals surface area contributed by atoms with E-state index in [4.69, 9.17) is 4.74 Å². The summed E-state index contributed by atoms with van der Waals surface area (Å²) in [5.41, 5.74) is -0.709. The van der Waals surface area contributed by atoms with Crippen LogP contribution in [0, 0.1) is 5.82 Å². The highest BCUT2D eigenvalue weighted by molar-refractivity contribution is 7.04. The van der Waals surface area contributed by atoms with Gasteiger partial charge in [0.2, 0.25) is 5.91 Å². The van der Waals surface area contributed by atoms with Crippen LogP contribution in [0.5, 0.6) is 0 Å². The summed E-state index contributed by atoms with van der Waals surface area (Å²) in [6.07, 6.45) is 1.82. The van der Waals surface area contributed by atoms with Gasteiger partial charge in [-0.25, -0.2) is 9.18 Å². The molecule has 1 atom stereocenters. The zero-order chi connectivity index (χ0) is 20.4. The van der Waals surface area contributed by atoms with Gasteiger partial charge in [0.1, 0.15) is 12.4 Å². The molecule has 1 N–H and O–H groups in total. The predicted molar refractivity (Wildman–Crippen MR) is 106 cm³/mol. The Morgan fingerprint density at radius 1 is 1.31 bits per heavy atom. The fraction of sp³-hybridized carbons (Fsp3) is 0.368. The van der Waals surface area contributed by atoms with Crippen molar-refractivity contribution in [3.05, 3.63) is 61.9 Å². The molecular weight excluding hydrogens is 399 g/mol. The Hall–Kier alpha value is -2.85. The number of nitrogens with zero attached hydrogens (tertiary/aromatic N) is 3. The number of halogens is 1. The first-order valence-corrected chi connectivity index (χ1v) is 10.1. The third kappa shape index (κ3) is 3.99. The van der Waals surface area contributed by atoms with Gasteiger partial charge in [0.05, 0.1) is 18.2 Å². The van der Waals surface area contributed by atoms with Crippen molar-refractivity contribution >= 4 is 28.5 Å². The third-order valence-corrected chi connectivity index (χ3v) is 5.51. The molecule has 1 aliphatic rings. The van der Waals surface area contributed by atoms with Gasteiger partial charge in [-0.3, -0.25) is 18.7 Å². The van der Waals surface area contributed by atoms with Crippen molar-refractivity contribution in [1.82, 2.24) is 18.8 Å². The topological polar surface area (TPSA) is 95.2 Å². The molecule has 0 unspecified atom stereocenters. The summed E-state index contributed by atoms with van der Waals surface area (Å²) in [5.74, 6) is -0.885. The zero-order valence-electron chi connectivity index (χ0n) is 15.5. The minimum absolute atomic E-state index is 0.0199. The SMILES string of the molecule is O=C(Cn1c(=O)n(Cc2ccccc2F)c(=O)c2nscc21)NC[C@H]1CCCO1. The molecule has 0 spiro atoms. The van der Waals surface area contributed by atoms with Gasteiger partial charge in [0.15, 0.2) is 5.52 Å². The fourth-order valence-electron chi connectivity index (χ4n) is 3.36. The highest BCUT2D eigenvalue weighted by Crippen LogP contribution is 2.12. The quantitative estimate of drug-likeness (QED) is 0.647. The number of ether oxygens (including phenoxy) is 1. The molecule has 4 rings (SSSR count). The molecule has 0 aliphatic carbocycles. The molecular formula is C19H19FN4O4S. The van der Waals surface area contributed by atoms with Crippen LogP contribution in [0.15, 0.2) is 39.2 Å². The minimum atomic E-state index is -0.682. The van der Waals surface area contributed by atoms with Gasteiger partial charge in [-0.1, -0.05) is 18.2 Å². The first-order chi connectivity index (χ1) is 14.0. The van der Waals surface area contributed by atoms with Crippen molar-refractivity contribution in [2.45, 2.75) is 32.0 Å². The van der Waals surface area contributed by atoms with Gasteiger partial charge in [-0.2, -0.15) is 4.37 Å². The molecule has 152 valence electrons. The predicted octanol–water partition coefficient (Wildman–Crippen LogP) is 1.10. The number of benzene rings is 1. The molecule has 0 radical (unpaired) electrons. The monoisotopic (exact) mass is 418 g/mol. The molecule has 29 heavy (non-hydrogen) atoms. The molecule has 1 aromatic carbocycles. The normalized spacial score (nSPS) is 16.4. The average molecular weight is 418 g/mol. The Morgan fingerprint density at radius 3 is 2.90 bits per heavy atom. The lowest BCUT2D eigenvalue weighted by molar-refractivity contribution is -0.122. The number of carbonyl (C=O) groups is 1. The number of carbonyl (C=O) groups excluding carboxylic acids is 1. The molecule has 1 aliphatic heterocycles. The number of hydrogen-bond acceptors (Lipinski definition) is 6. The smallest absolute Gasteiger partial charge is 0.332 e. The first-order valence-electron chi connectivity index (χ1n) is 9.24. The van der Waals surface area contributed by atoms with Crippen LogP contribution in [-0.2, 0) is 22.6 Å². The maximum atomic E-state index is 14.0. The van der Waals surface area contributed by atoms with Crippen molar-refractivity contribution in [3.8, 4) is 0 Å². The first kappa shape index (κ1) is 19.5. The molecule has 0 bridgehead atoms. The summed E-state index contributed by atoms with van der Waals surface area (Å²) in [6.45, 7) is 0.545. The lowest BCUT2D eigenvalue weighted by atomic mass is 10.2. The van der Waals surface area contributed by atoms with Gasteiger partial charge < -0.3 is 10.1 Å². The van der Waals surface area contributed by atoms with Gasteiger partial charge in [-0.15, -0.1) is 0 Å². The van der Waals surface area contributed by atoms with Crippen LogP contribution < -0.4 is 16.6 Å². The second kappa shape index (κ2) is 8.26. The molecule has 8 nitrogen and oxygen atoms in total. The summed E-state index contributed by atoms with van der Waals surface area (Å²) in [5, 5.41) is 4.32. The van der Waals surface area contributed by atoms with E-state index >= 15 is 0 Å². The van der Waals surface area contributed by atoms with E-state index in [0.29, 0.717) is 18.7 Å². The highest BCUT2D eigenvalue weighted by atomic mass is 32.1. The Morgan fingerprint density at radius 2 is 2.14 bits per heavy atom. The number of nitrogens with one attached hydrogen (secondary N) is 1. The molecule has 0 saturated carbocycles. The van der Waals surface area contributed by atoms with E-state index in [2.05, 4.69) is 9.69 Å². The van der Waals surface area contributed by atoms with Crippen LogP contribution in [0.25, 0.3) is 11.0 Å². The molecule has 2 aromatic heterocycles. The van der Waals surface area contributed by atoms with Crippen LogP contribution in [0.4, 0.5) is 4.39 Å². The van der Waals surface area contributed by atoms with Gasteiger partial charge in [-0.05, 0) is 30.4 Å². The number of aromatic nitrogens is 3. The maximum Gasteiger partial charge on any atom is 0.332 e. The summed E-state index contributed by atoms with van der Waals surface area (Å²) in [6, 6.07) is 5.92. The largest absolute Gasteiger partial charge is 0.376 e. The van der Waals surface area contributed by atoms with Crippen molar-refractivity contribution in [2.24, 2.45) is 0 Å². The molecule has 3 heterocycles. The second-order valence-corrected chi connectivity index (χ2v) is 7.47. The lowest BCUT2D eigenvalue weighted by Crippen LogP contribution is -2.43. The molecule has 1 fully saturated rings. The third-order valence-electron chi connectivity index (χ3n) is 4.89. The van der Waals surface area contributed by atoms with Crippen molar-refractivity contribution in [2.75, 3.05) is 13.2 Å². The van der Waals surface area contributed by atoms with Crippen LogP contribution >= 0.6 is 11.5 Å². The van der Waals surface area contributed by atoms with E-state index in [0.717, 1.165) is 28.9 Å². The van der Waals surface area contributed by atoms with Crippen LogP contribution in [0.2, 0.25) is 0 Å². The molecule has 3 aromatic rings. The fourth-order valence-corrected chi connectivity index (χ4v) is 4.03. The number of fused-ring (bicyclic) bond motifs is 1. The lowest BCUT2D eigenvalue weighted by Gasteiger charge is -2.14. The van der Waals surface area contributed by atoms with Crippen LogP contribution in [0.3, 0.4) is 0 Å². The maximum absolute atomic E-state index is 14.0. The van der Waals surface area contributed by atoms with Gasteiger partial charge in [0, 0.05) is 24.1 Å². The highest BCUT2D eigenvalue weighted by Gasteiger charge is 2.20. The Balaban J connectivity index is 1.65. The number of rotatable bonds is 6. The minimum Gasteiger partial charge on any atom is -0.376 e. The summed E-state index contributed by atoms with van der Waals surface area (Å²) in [7, 11) is 0. The van der Waals surface area contributed by atoms with Crippen molar-refractivity contribution < 1.29 is 13.9 Å². The van der Waals surface area contributed by atoms with Gasteiger partial charge >= 0.3 is 5.69 Å². The van der Waals surface area contributed by atoms with E-state index in [-0.39, 0.29) is 36.2 Å². The average Bonchev–Trinajstić information content (AvgIpc) is 3.40. The molecule has 10 heteroatoms. The Kier molecular flexibility index (Phi) is 5.54. The summed E-state index contributed by atoms with van der Waals surface area (Å²) >= 11 is 1.02. The Labute approximate surface area is 168 Å². The number of amides is 1.